The van der Waals surface area contributed by atoms with Crippen molar-refractivity contribution in [3.63, 3.8) is 0 Å². The van der Waals surface area contributed by atoms with E-state index in [-0.39, 0.29) is 0 Å². The fourth-order valence-corrected chi connectivity index (χ4v) is 3.40. The molecular weight excluding hydrogens is 276 g/mol. The van der Waals surface area contributed by atoms with Crippen molar-refractivity contribution in [2.75, 3.05) is 0 Å². The second kappa shape index (κ2) is 8.44. The normalized spacial score (nSPS) is 11.2. The second-order valence-corrected chi connectivity index (χ2v) is 6.34. The highest BCUT2D eigenvalue weighted by atomic mass is 35.5. The molecule has 0 amide bonds. The van der Waals surface area contributed by atoms with Crippen LogP contribution >= 0.6 is 11.6 Å². The van der Waals surface area contributed by atoms with Crippen LogP contribution in [-0.4, -0.2) is 0 Å². The smallest absolute Gasteiger partial charge is 0.0519 e. The number of fused-ring (bicyclic) bond motifs is 1. The molecule has 0 saturated heterocycles. The zero-order chi connectivity index (χ0) is 15.1. The van der Waals surface area contributed by atoms with Gasteiger partial charge < -0.3 is 0 Å². The molecule has 0 aliphatic heterocycles. The van der Waals surface area contributed by atoms with Crippen molar-refractivity contribution >= 4 is 22.4 Å². The van der Waals surface area contributed by atoms with E-state index in [1.807, 2.05) is 0 Å². The maximum atomic E-state index is 6.74. The number of hydrogen-bond donors (Lipinski definition) is 0. The molecule has 1 heteroatoms. The Kier molecular flexibility index (Phi) is 6.57. The van der Waals surface area contributed by atoms with Crippen molar-refractivity contribution in [1.29, 1.82) is 0 Å². The molecule has 2 rings (SSSR count). The molecule has 0 aromatic heterocycles. The van der Waals surface area contributed by atoms with Crippen molar-refractivity contribution in [3.8, 4) is 0 Å². The monoisotopic (exact) mass is 302 g/mol. The average Bonchev–Trinajstić information content (AvgIpc) is 2.50. The van der Waals surface area contributed by atoms with Gasteiger partial charge in [0.2, 0.25) is 0 Å². The van der Waals surface area contributed by atoms with Gasteiger partial charge in [-0.05, 0) is 42.2 Å². The molecule has 0 spiro atoms. The van der Waals surface area contributed by atoms with Crippen molar-refractivity contribution in [1.82, 2.24) is 0 Å². The number of benzene rings is 2. The molecule has 0 unspecified atom stereocenters. The van der Waals surface area contributed by atoms with Crippen molar-refractivity contribution < 1.29 is 0 Å². The molecule has 0 nitrogen and oxygen atoms in total. The zero-order valence-electron chi connectivity index (χ0n) is 13.4. The fourth-order valence-electron chi connectivity index (χ4n) is 3.01. The number of unbranched alkanes of at least 4 members (excludes halogenated alkanes) is 4. The molecule has 0 radical (unpaired) electrons. The first-order chi connectivity index (χ1) is 10.3. The van der Waals surface area contributed by atoms with E-state index < -0.39 is 0 Å². The minimum atomic E-state index is 0.996. The van der Waals surface area contributed by atoms with Gasteiger partial charge in [0, 0.05) is 5.39 Å². The van der Waals surface area contributed by atoms with Crippen LogP contribution in [0.15, 0.2) is 30.3 Å². The first-order valence-electron chi connectivity index (χ1n) is 8.47. The fraction of sp³-hybridized carbons (Fsp3) is 0.500. The lowest BCUT2D eigenvalue weighted by molar-refractivity contribution is 0.694. The van der Waals surface area contributed by atoms with Gasteiger partial charge in [0.15, 0.2) is 0 Å². The first kappa shape index (κ1) is 16.4. The molecular formula is C20H27Cl. The van der Waals surface area contributed by atoms with Crippen LogP contribution in [0.2, 0.25) is 5.02 Å². The molecule has 0 heterocycles. The molecule has 21 heavy (non-hydrogen) atoms. The molecule has 114 valence electrons. The summed E-state index contributed by atoms with van der Waals surface area (Å²) in [4.78, 5) is 0. The van der Waals surface area contributed by atoms with Crippen LogP contribution in [0.5, 0.6) is 0 Å². The Morgan fingerprint density at radius 2 is 1.52 bits per heavy atom. The highest BCUT2D eigenvalue weighted by Crippen LogP contribution is 2.32. The number of halogens is 1. The Morgan fingerprint density at radius 3 is 2.24 bits per heavy atom. The Morgan fingerprint density at radius 1 is 0.857 bits per heavy atom. The molecule has 0 bridgehead atoms. The summed E-state index contributed by atoms with van der Waals surface area (Å²) in [6.07, 6.45) is 9.93. The summed E-state index contributed by atoms with van der Waals surface area (Å²) < 4.78 is 0. The van der Waals surface area contributed by atoms with Crippen molar-refractivity contribution in [2.24, 2.45) is 0 Å². The van der Waals surface area contributed by atoms with E-state index in [0.29, 0.717) is 0 Å². The molecule has 0 aliphatic carbocycles. The highest BCUT2D eigenvalue weighted by molar-refractivity contribution is 6.36. The SMILES string of the molecule is CCCCCc1cc2ccccc2c(Cl)c1CCCCC. The third kappa shape index (κ3) is 4.23. The lowest BCUT2D eigenvalue weighted by Crippen LogP contribution is -1.98. The minimum Gasteiger partial charge on any atom is -0.0834 e. The molecule has 0 atom stereocenters. The molecule has 2 aromatic rings. The summed E-state index contributed by atoms with van der Waals surface area (Å²) in [6, 6.07) is 10.9. The summed E-state index contributed by atoms with van der Waals surface area (Å²) in [7, 11) is 0. The van der Waals surface area contributed by atoms with E-state index in [0.717, 1.165) is 11.4 Å². The van der Waals surface area contributed by atoms with E-state index >= 15 is 0 Å². The summed E-state index contributed by atoms with van der Waals surface area (Å²) in [6.45, 7) is 4.51. The molecule has 0 fully saturated rings. The minimum absolute atomic E-state index is 0.996. The van der Waals surface area contributed by atoms with Gasteiger partial charge in [-0.25, -0.2) is 0 Å². The van der Waals surface area contributed by atoms with E-state index in [9.17, 15) is 0 Å². The molecule has 0 saturated carbocycles. The zero-order valence-corrected chi connectivity index (χ0v) is 14.2. The maximum absolute atomic E-state index is 6.74. The van der Waals surface area contributed by atoms with Gasteiger partial charge in [-0.1, -0.05) is 81.5 Å². The van der Waals surface area contributed by atoms with Gasteiger partial charge in [-0.2, -0.15) is 0 Å². The van der Waals surface area contributed by atoms with Crippen LogP contribution in [0.1, 0.15) is 63.5 Å². The van der Waals surface area contributed by atoms with Crippen LogP contribution in [0.4, 0.5) is 0 Å². The summed E-state index contributed by atoms with van der Waals surface area (Å²) >= 11 is 6.74. The van der Waals surface area contributed by atoms with Crippen LogP contribution < -0.4 is 0 Å². The summed E-state index contributed by atoms with van der Waals surface area (Å²) in [5.74, 6) is 0. The standard InChI is InChI=1S/C20H27Cl/c1-3-5-7-11-16-15-17-12-9-10-14-19(17)20(21)18(16)13-8-6-4-2/h9-10,12,14-15H,3-8,11,13H2,1-2H3. The summed E-state index contributed by atoms with van der Waals surface area (Å²) in [5, 5.41) is 3.49. The number of hydrogen-bond acceptors (Lipinski definition) is 0. The Hall–Kier alpha value is -1.01. The Balaban J connectivity index is 2.33. The topological polar surface area (TPSA) is 0 Å². The van der Waals surface area contributed by atoms with Gasteiger partial charge in [0.05, 0.1) is 5.02 Å². The van der Waals surface area contributed by atoms with Gasteiger partial charge in [0.25, 0.3) is 0 Å². The molecule has 2 aromatic carbocycles. The average molecular weight is 303 g/mol. The Bertz CT molecular complexity index is 571. The second-order valence-electron chi connectivity index (χ2n) is 5.96. The predicted octanol–water partition coefficient (Wildman–Crippen LogP) is 6.96. The predicted molar refractivity (Wildman–Crippen MR) is 95.4 cm³/mol. The van der Waals surface area contributed by atoms with Gasteiger partial charge in [0.1, 0.15) is 0 Å². The molecule has 0 aliphatic rings. The lowest BCUT2D eigenvalue weighted by Gasteiger charge is -2.14. The largest absolute Gasteiger partial charge is 0.0834 e. The third-order valence-corrected chi connectivity index (χ3v) is 4.69. The van der Waals surface area contributed by atoms with Crippen LogP contribution in [0.25, 0.3) is 10.8 Å². The lowest BCUT2D eigenvalue weighted by atomic mass is 9.93. The molecule has 0 N–H and O–H groups in total. The summed E-state index contributed by atoms with van der Waals surface area (Å²) in [5.41, 5.74) is 2.88. The van der Waals surface area contributed by atoms with Crippen LogP contribution in [0.3, 0.4) is 0 Å². The number of rotatable bonds is 8. The van der Waals surface area contributed by atoms with E-state index in [1.54, 1.807) is 0 Å². The van der Waals surface area contributed by atoms with E-state index in [4.69, 9.17) is 11.6 Å². The quantitative estimate of drug-likeness (QED) is 0.462. The van der Waals surface area contributed by atoms with Crippen molar-refractivity contribution in [3.05, 3.63) is 46.5 Å². The third-order valence-electron chi connectivity index (χ3n) is 4.26. The van der Waals surface area contributed by atoms with Crippen LogP contribution in [-0.2, 0) is 12.8 Å². The van der Waals surface area contributed by atoms with Gasteiger partial charge in [-0.15, -0.1) is 0 Å². The highest BCUT2D eigenvalue weighted by Gasteiger charge is 2.11. The van der Waals surface area contributed by atoms with E-state index in [2.05, 4.69) is 44.2 Å². The Labute approximate surface area is 134 Å². The van der Waals surface area contributed by atoms with E-state index in [1.165, 1.54) is 66.8 Å². The first-order valence-corrected chi connectivity index (χ1v) is 8.84. The van der Waals surface area contributed by atoms with Crippen LogP contribution in [0, 0.1) is 0 Å². The maximum Gasteiger partial charge on any atom is 0.0519 e. The van der Waals surface area contributed by atoms with Crippen molar-refractivity contribution in [2.45, 2.75) is 65.2 Å². The van der Waals surface area contributed by atoms with Gasteiger partial charge in [-0.3, -0.25) is 0 Å². The number of aryl methyl sites for hydroxylation is 1. The van der Waals surface area contributed by atoms with Gasteiger partial charge >= 0.3 is 0 Å².